The lowest BCUT2D eigenvalue weighted by Gasteiger charge is -2.12. The number of likely N-dealkylation sites (tertiary alicyclic amines) is 1. The normalized spacial score (nSPS) is 17.7. The summed E-state index contributed by atoms with van der Waals surface area (Å²) >= 11 is 0. The zero-order valence-corrected chi connectivity index (χ0v) is 18.8. The lowest BCUT2D eigenvalue weighted by Crippen LogP contribution is -2.19. The Morgan fingerprint density at radius 2 is 1.39 bits per heavy atom. The summed E-state index contributed by atoms with van der Waals surface area (Å²) in [6.45, 7) is 7.10. The molecule has 1 heterocycles. The molecule has 1 aliphatic rings. The average molecular weight is 394 g/mol. The molecule has 0 saturated carbocycles. The summed E-state index contributed by atoms with van der Waals surface area (Å²) in [5.74, 6) is 1.11. The molecule has 1 amide bonds. The fraction of sp³-hybridized carbons (Fsp3) is 0.833. The molecule has 1 fully saturated rings. The van der Waals surface area contributed by atoms with Gasteiger partial charge >= 0.3 is 0 Å². The quantitative estimate of drug-likeness (QED) is 0.156. The number of nitrogens with zero attached hydrogens (tertiary/aromatic N) is 1. The second-order valence-corrected chi connectivity index (χ2v) is 9.20. The number of likely N-dealkylation sites (N-methyl/N-ethyl adjacent to an activating group) is 1. The molecule has 0 bridgehead atoms. The number of aliphatic hydroxyl groups is 1. The lowest BCUT2D eigenvalue weighted by atomic mass is 9.94. The van der Waals surface area contributed by atoms with E-state index in [4.69, 9.17) is 0 Å². The molecule has 1 aliphatic heterocycles. The van der Waals surface area contributed by atoms with Crippen LogP contribution >= 0.6 is 0 Å². The highest BCUT2D eigenvalue weighted by Gasteiger charge is 2.33. The van der Waals surface area contributed by atoms with Gasteiger partial charge in [-0.2, -0.15) is 0 Å². The topological polar surface area (TPSA) is 57.6 Å². The molecule has 0 aromatic rings. The van der Waals surface area contributed by atoms with Crippen molar-refractivity contribution < 1.29 is 14.7 Å². The molecular weight excluding hydrogens is 350 g/mol. The van der Waals surface area contributed by atoms with E-state index in [1.807, 2.05) is 0 Å². The Hall–Kier alpha value is -1.32. The minimum Gasteiger partial charge on any atom is -0.511 e. The number of rotatable bonds is 15. The molecule has 0 spiro atoms. The Morgan fingerprint density at radius 1 is 0.857 bits per heavy atom. The maximum atomic E-state index is 11.8. The third-order valence-corrected chi connectivity index (χ3v) is 5.86. The Morgan fingerprint density at radius 3 is 1.89 bits per heavy atom. The summed E-state index contributed by atoms with van der Waals surface area (Å²) in [5, 5.41) is 10.0. The third-order valence-electron chi connectivity index (χ3n) is 5.86. The van der Waals surface area contributed by atoms with Gasteiger partial charge in [0.05, 0.1) is 6.54 Å². The van der Waals surface area contributed by atoms with Gasteiger partial charge in [0.15, 0.2) is 5.78 Å². The number of aliphatic hydroxyl groups excluding tert-OH is 1. The van der Waals surface area contributed by atoms with Gasteiger partial charge in [-0.1, -0.05) is 91.4 Å². The van der Waals surface area contributed by atoms with Crippen molar-refractivity contribution >= 4 is 11.7 Å². The molecular formula is C24H43NO3. The van der Waals surface area contributed by atoms with E-state index < -0.39 is 0 Å². The molecule has 0 radical (unpaired) electrons. The maximum absolute atomic E-state index is 11.8. The summed E-state index contributed by atoms with van der Waals surface area (Å²) in [6, 6.07) is 0. The Labute approximate surface area is 172 Å². The van der Waals surface area contributed by atoms with Gasteiger partial charge in [-0.25, -0.2) is 0 Å². The van der Waals surface area contributed by atoms with Crippen LogP contribution in [0.4, 0.5) is 0 Å². The van der Waals surface area contributed by atoms with Crippen molar-refractivity contribution in [3.63, 3.8) is 0 Å². The van der Waals surface area contributed by atoms with Crippen LogP contribution in [-0.2, 0) is 9.59 Å². The second-order valence-electron chi connectivity index (χ2n) is 9.20. The van der Waals surface area contributed by atoms with Crippen LogP contribution < -0.4 is 0 Å². The minimum absolute atomic E-state index is 0.0121. The molecule has 0 aliphatic carbocycles. The number of Topliss-reactive ketones (excluding diaryl/α,β-unsaturated/α-hetero) is 1. The highest BCUT2D eigenvalue weighted by Crippen LogP contribution is 2.21. The number of unbranched alkanes of at least 4 members (excludes halogenated alkanes) is 8. The van der Waals surface area contributed by atoms with Gasteiger partial charge in [0.1, 0.15) is 11.3 Å². The van der Waals surface area contributed by atoms with E-state index in [0.717, 1.165) is 31.1 Å². The molecule has 1 unspecified atom stereocenters. The van der Waals surface area contributed by atoms with E-state index in [9.17, 15) is 14.7 Å². The first kappa shape index (κ1) is 24.7. The van der Waals surface area contributed by atoms with Gasteiger partial charge in [-0.15, -0.1) is 0 Å². The van der Waals surface area contributed by atoms with Crippen LogP contribution in [0.25, 0.3) is 0 Å². The fourth-order valence-corrected chi connectivity index (χ4v) is 3.87. The molecule has 4 nitrogen and oxygen atoms in total. The number of ketones is 1. The van der Waals surface area contributed by atoms with Gasteiger partial charge in [0.25, 0.3) is 5.91 Å². The van der Waals surface area contributed by atoms with Gasteiger partial charge < -0.3 is 10.0 Å². The van der Waals surface area contributed by atoms with Crippen molar-refractivity contribution in [2.45, 2.75) is 104 Å². The molecule has 1 atom stereocenters. The Kier molecular flexibility index (Phi) is 12.2. The van der Waals surface area contributed by atoms with E-state index in [-0.39, 0.29) is 29.6 Å². The molecule has 162 valence electrons. The summed E-state index contributed by atoms with van der Waals surface area (Å²) in [7, 11) is 1.59. The second kappa shape index (κ2) is 13.8. The number of carbonyl (C=O) groups is 2. The van der Waals surface area contributed by atoms with Crippen LogP contribution in [0.2, 0.25) is 0 Å². The van der Waals surface area contributed by atoms with E-state index in [1.54, 1.807) is 7.05 Å². The molecule has 28 heavy (non-hydrogen) atoms. The van der Waals surface area contributed by atoms with Gasteiger partial charge in [0, 0.05) is 13.5 Å². The Bertz CT molecular complexity index is 510. The monoisotopic (exact) mass is 393 g/mol. The standard InChI is InChI=1S/C24H43NO3/c1-19(2)16-17-20(3)14-12-10-8-6-5-7-9-11-13-15-21(26)23-22(27)18-25(4)24(23)28/h19-20,26H,5-18H2,1-4H3. The van der Waals surface area contributed by atoms with Gasteiger partial charge in [-0.3, -0.25) is 9.59 Å². The molecule has 0 aromatic carbocycles. The highest BCUT2D eigenvalue weighted by atomic mass is 16.3. The predicted molar refractivity (Wildman–Crippen MR) is 116 cm³/mol. The third kappa shape index (κ3) is 9.75. The van der Waals surface area contributed by atoms with Gasteiger partial charge in [-0.05, 0) is 18.3 Å². The van der Waals surface area contributed by atoms with Crippen molar-refractivity contribution in [2.75, 3.05) is 13.6 Å². The molecule has 1 rings (SSSR count). The van der Waals surface area contributed by atoms with Crippen LogP contribution in [-0.4, -0.2) is 35.3 Å². The van der Waals surface area contributed by atoms with E-state index >= 15 is 0 Å². The summed E-state index contributed by atoms with van der Waals surface area (Å²) in [6.07, 6.45) is 15.6. The molecule has 1 saturated heterocycles. The van der Waals surface area contributed by atoms with Crippen molar-refractivity contribution in [2.24, 2.45) is 11.8 Å². The summed E-state index contributed by atoms with van der Waals surface area (Å²) in [4.78, 5) is 24.9. The highest BCUT2D eigenvalue weighted by molar-refractivity contribution is 6.25. The summed E-state index contributed by atoms with van der Waals surface area (Å²) in [5.41, 5.74) is 0.0148. The Balaban J connectivity index is 1.96. The smallest absolute Gasteiger partial charge is 0.261 e. The van der Waals surface area contributed by atoms with Crippen LogP contribution in [0.15, 0.2) is 11.3 Å². The molecule has 4 heteroatoms. The molecule has 1 N–H and O–H groups in total. The van der Waals surface area contributed by atoms with Crippen LogP contribution in [0.5, 0.6) is 0 Å². The predicted octanol–water partition coefficient (Wildman–Crippen LogP) is 6.20. The van der Waals surface area contributed by atoms with E-state index in [2.05, 4.69) is 20.8 Å². The average Bonchev–Trinajstić information content (AvgIpc) is 2.89. The van der Waals surface area contributed by atoms with Crippen LogP contribution in [0.1, 0.15) is 104 Å². The number of hydrogen-bond donors (Lipinski definition) is 1. The summed E-state index contributed by atoms with van der Waals surface area (Å²) < 4.78 is 0. The van der Waals surface area contributed by atoms with Crippen LogP contribution in [0.3, 0.4) is 0 Å². The number of allylic oxidation sites excluding steroid dienone is 1. The SMILES string of the molecule is CC(C)CCC(C)CCCCCCCCCCCC(O)=C1C(=O)CN(C)C1=O. The number of hydrogen-bond acceptors (Lipinski definition) is 3. The molecule has 0 aromatic heterocycles. The number of carbonyl (C=O) groups excluding carboxylic acids is 2. The zero-order chi connectivity index (χ0) is 20.9. The van der Waals surface area contributed by atoms with E-state index in [0.29, 0.717) is 6.42 Å². The minimum atomic E-state index is -0.336. The van der Waals surface area contributed by atoms with E-state index in [1.165, 1.54) is 62.7 Å². The van der Waals surface area contributed by atoms with Gasteiger partial charge in [0.2, 0.25) is 0 Å². The lowest BCUT2D eigenvalue weighted by molar-refractivity contribution is -0.123. The zero-order valence-electron chi connectivity index (χ0n) is 18.8. The first-order chi connectivity index (χ1) is 13.3. The van der Waals surface area contributed by atoms with Crippen LogP contribution in [0, 0.1) is 11.8 Å². The fourth-order valence-electron chi connectivity index (χ4n) is 3.87. The van der Waals surface area contributed by atoms with Crippen molar-refractivity contribution in [3.8, 4) is 0 Å². The number of amides is 1. The largest absolute Gasteiger partial charge is 0.511 e. The van der Waals surface area contributed by atoms with Crippen molar-refractivity contribution in [1.82, 2.24) is 4.90 Å². The maximum Gasteiger partial charge on any atom is 0.261 e. The first-order valence-electron chi connectivity index (χ1n) is 11.5. The first-order valence-corrected chi connectivity index (χ1v) is 11.5. The van der Waals surface area contributed by atoms with Crippen molar-refractivity contribution in [1.29, 1.82) is 0 Å². The van der Waals surface area contributed by atoms with Crippen molar-refractivity contribution in [3.05, 3.63) is 11.3 Å².